The standard InChI is InChI=1S/C17H11F4N5O/c18-13-7-11(3-4-12(13)17(19,20)21)22-8-9-1-2-10-6-15(27-14(10)5-9)16-23-25-26-24-16/h1-7,22H,8H2,(H,23,24,25,26). The second kappa shape index (κ2) is 6.38. The highest BCUT2D eigenvalue weighted by Crippen LogP contribution is 2.32. The van der Waals surface area contributed by atoms with E-state index in [0.29, 0.717) is 23.2 Å². The number of alkyl halides is 3. The van der Waals surface area contributed by atoms with Gasteiger partial charge in [-0.3, -0.25) is 0 Å². The van der Waals surface area contributed by atoms with E-state index in [9.17, 15) is 17.6 Å². The molecule has 6 nitrogen and oxygen atoms in total. The number of nitrogens with zero attached hydrogens (tertiary/aromatic N) is 3. The van der Waals surface area contributed by atoms with Gasteiger partial charge in [-0.15, -0.1) is 10.2 Å². The summed E-state index contributed by atoms with van der Waals surface area (Å²) in [5.74, 6) is -0.543. The fourth-order valence-corrected chi connectivity index (χ4v) is 2.62. The van der Waals surface area contributed by atoms with Gasteiger partial charge in [0, 0.05) is 17.6 Å². The van der Waals surface area contributed by atoms with Gasteiger partial charge < -0.3 is 9.73 Å². The van der Waals surface area contributed by atoms with Crippen LogP contribution < -0.4 is 5.32 Å². The van der Waals surface area contributed by atoms with Crippen molar-refractivity contribution < 1.29 is 22.0 Å². The Kier molecular flexibility index (Phi) is 4.02. The normalized spacial score (nSPS) is 11.9. The monoisotopic (exact) mass is 377 g/mol. The lowest BCUT2D eigenvalue weighted by Crippen LogP contribution is -2.08. The molecular weight excluding hydrogens is 366 g/mol. The summed E-state index contributed by atoms with van der Waals surface area (Å²) in [5, 5.41) is 17.2. The molecule has 0 saturated heterocycles. The number of aromatic nitrogens is 4. The van der Waals surface area contributed by atoms with Gasteiger partial charge in [-0.2, -0.15) is 18.4 Å². The number of furan rings is 1. The average molecular weight is 377 g/mol. The summed E-state index contributed by atoms with van der Waals surface area (Å²) in [6.45, 7) is 0.277. The number of aromatic amines is 1. The first-order chi connectivity index (χ1) is 12.9. The number of fused-ring (bicyclic) bond motifs is 1. The third-order valence-electron chi connectivity index (χ3n) is 3.92. The number of rotatable bonds is 4. The lowest BCUT2D eigenvalue weighted by molar-refractivity contribution is -0.139. The number of anilines is 1. The minimum atomic E-state index is -4.72. The maximum absolute atomic E-state index is 13.6. The molecule has 0 bridgehead atoms. The Hall–Kier alpha value is -3.43. The van der Waals surface area contributed by atoms with Crippen molar-refractivity contribution in [3.05, 3.63) is 59.4 Å². The van der Waals surface area contributed by atoms with Crippen molar-refractivity contribution in [1.82, 2.24) is 20.6 Å². The topological polar surface area (TPSA) is 79.6 Å². The average Bonchev–Trinajstić information content (AvgIpc) is 3.27. The zero-order valence-corrected chi connectivity index (χ0v) is 13.5. The van der Waals surface area contributed by atoms with E-state index in [0.717, 1.165) is 17.0 Å². The van der Waals surface area contributed by atoms with E-state index in [1.54, 1.807) is 12.1 Å². The molecule has 2 heterocycles. The van der Waals surface area contributed by atoms with Crippen LogP contribution in [0.5, 0.6) is 0 Å². The van der Waals surface area contributed by atoms with Crippen LogP contribution in [0.2, 0.25) is 0 Å². The molecule has 138 valence electrons. The van der Waals surface area contributed by atoms with E-state index in [1.165, 1.54) is 6.07 Å². The minimum Gasteiger partial charge on any atom is -0.453 e. The summed E-state index contributed by atoms with van der Waals surface area (Å²) in [4.78, 5) is 0. The molecule has 0 aliphatic heterocycles. The molecule has 0 unspecified atom stereocenters. The molecule has 2 aromatic heterocycles. The van der Waals surface area contributed by atoms with Crippen LogP contribution in [0.4, 0.5) is 23.2 Å². The van der Waals surface area contributed by atoms with Crippen molar-refractivity contribution in [2.75, 3.05) is 5.32 Å². The van der Waals surface area contributed by atoms with E-state index < -0.39 is 17.6 Å². The zero-order valence-electron chi connectivity index (χ0n) is 13.5. The van der Waals surface area contributed by atoms with E-state index in [-0.39, 0.29) is 12.2 Å². The van der Waals surface area contributed by atoms with E-state index in [2.05, 4.69) is 25.9 Å². The number of nitrogens with one attached hydrogen (secondary N) is 2. The number of benzene rings is 2. The van der Waals surface area contributed by atoms with Crippen LogP contribution in [0, 0.1) is 5.82 Å². The molecule has 2 N–H and O–H groups in total. The van der Waals surface area contributed by atoms with Gasteiger partial charge in [-0.25, -0.2) is 4.39 Å². The second-order valence-electron chi connectivity index (χ2n) is 5.76. The molecule has 4 aromatic rings. The minimum absolute atomic E-state index is 0.243. The summed E-state index contributed by atoms with van der Waals surface area (Å²) in [7, 11) is 0. The quantitative estimate of drug-likeness (QED) is 0.516. The van der Waals surface area contributed by atoms with Gasteiger partial charge in [0.25, 0.3) is 0 Å². The largest absolute Gasteiger partial charge is 0.453 e. The molecule has 0 atom stereocenters. The Morgan fingerprint density at radius 1 is 1.07 bits per heavy atom. The van der Waals surface area contributed by atoms with Crippen LogP contribution in [-0.2, 0) is 12.7 Å². The molecule has 10 heteroatoms. The van der Waals surface area contributed by atoms with E-state index in [4.69, 9.17) is 4.42 Å². The Morgan fingerprint density at radius 3 is 2.63 bits per heavy atom. The lowest BCUT2D eigenvalue weighted by Gasteiger charge is -2.11. The predicted octanol–water partition coefficient (Wildman–Crippen LogP) is 4.38. The van der Waals surface area contributed by atoms with Gasteiger partial charge in [0.05, 0.1) is 5.56 Å². The summed E-state index contributed by atoms with van der Waals surface area (Å²) in [5.41, 5.74) is 0.344. The first-order valence-electron chi connectivity index (χ1n) is 7.77. The van der Waals surface area contributed by atoms with Gasteiger partial charge in [0.2, 0.25) is 5.82 Å². The van der Waals surface area contributed by atoms with Crippen molar-refractivity contribution >= 4 is 16.7 Å². The first kappa shape index (κ1) is 17.0. The second-order valence-corrected chi connectivity index (χ2v) is 5.76. The predicted molar refractivity (Wildman–Crippen MR) is 88.1 cm³/mol. The number of tetrazole rings is 1. The highest BCUT2D eigenvalue weighted by Gasteiger charge is 2.33. The Bertz CT molecular complexity index is 1090. The van der Waals surface area contributed by atoms with Crippen LogP contribution in [-0.4, -0.2) is 20.6 Å². The van der Waals surface area contributed by atoms with Crippen LogP contribution in [0.15, 0.2) is 46.9 Å². The van der Waals surface area contributed by atoms with Crippen LogP contribution in [0.25, 0.3) is 22.6 Å². The van der Waals surface area contributed by atoms with Crippen LogP contribution in [0.3, 0.4) is 0 Å². The van der Waals surface area contributed by atoms with Gasteiger partial charge in [0.15, 0.2) is 5.76 Å². The molecule has 0 radical (unpaired) electrons. The molecule has 0 saturated carbocycles. The Labute approximate surface area is 149 Å². The summed E-state index contributed by atoms with van der Waals surface area (Å²) in [6.07, 6.45) is -4.72. The number of H-pyrrole nitrogens is 1. The van der Waals surface area contributed by atoms with Gasteiger partial charge >= 0.3 is 6.18 Å². The van der Waals surface area contributed by atoms with Crippen molar-refractivity contribution in [3.63, 3.8) is 0 Å². The van der Waals surface area contributed by atoms with Gasteiger partial charge in [0.1, 0.15) is 11.4 Å². The fraction of sp³-hybridized carbons (Fsp3) is 0.118. The van der Waals surface area contributed by atoms with Crippen molar-refractivity contribution in [1.29, 1.82) is 0 Å². The maximum atomic E-state index is 13.6. The zero-order chi connectivity index (χ0) is 19.0. The third-order valence-corrected chi connectivity index (χ3v) is 3.92. The van der Waals surface area contributed by atoms with Crippen molar-refractivity contribution in [3.8, 4) is 11.6 Å². The molecule has 0 aliphatic carbocycles. The highest BCUT2D eigenvalue weighted by molar-refractivity contribution is 5.82. The smallest absolute Gasteiger partial charge is 0.419 e. The Balaban J connectivity index is 1.51. The van der Waals surface area contributed by atoms with Crippen molar-refractivity contribution in [2.24, 2.45) is 0 Å². The summed E-state index contributed by atoms with van der Waals surface area (Å²) >= 11 is 0. The third kappa shape index (κ3) is 3.46. The fourth-order valence-electron chi connectivity index (χ4n) is 2.62. The number of hydrogen-bond donors (Lipinski definition) is 2. The molecular formula is C17H11F4N5O. The highest BCUT2D eigenvalue weighted by atomic mass is 19.4. The van der Waals surface area contributed by atoms with E-state index >= 15 is 0 Å². The number of hydrogen-bond acceptors (Lipinski definition) is 5. The van der Waals surface area contributed by atoms with Crippen LogP contribution >= 0.6 is 0 Å². The van der Waals surface area contributed by atoms with E-state index in [1.807, 2.05) is 12.1 Å². The van der Waals surface area contributed by atoms with Gasteiger partial charge in [-0.1, -0.05) is 12.1 Å². The number of halogens is 4. The van der Waals surface area contributed by atoms with Gasteiger partial charge in [-0.05, 0) is 41.1 Å². The Morgan fingerprint density at radius 2 is 1.93 bits per heavy atom. The lowest BCUT2D eigenvalue weighted by atomic mass is 10.1. The molecule has 27 heavy (non-hydrogen) atoms. The summed E-state index contributed by atoms with van der Waals surface area (Å²) in [6, 6.07) is 9.91. The molecule has 4 rings (SSSR count). The van der Waals surface area contributed by atoms with Crippen LogP contribution in [0.1, 0.15) is 11.1 Å². The first-order valence-corrected chi connectivity index (χ1v) is 7.77. The molecule has 2 aromatic carbocycles. The van der Waals surface area contributed by atoms with Crippen molar-refractivity contribution in [2.45, 2.75) is 12.7 Å². The SMILES string of the molecule is Fc1cc(NCc2ccc3cc(-c4nn[nH]n4)oc3c2)ccc1C(F)(F)F. The summed E-state index contributed by atoms with van der Waals surface area (Å²) < 4.78 is 57.1. The maximum Gasteiger partial charge on any atom is 0.419 e. The molecule has 0 fully saturated rings. The molecule has 0 aliphatic rings. The molecule has 0 spiro atoms. The molecule has 0 amide bonds.